The highest BCUT2D eigenvalue weighted by atomic mass is 32.1. The Kier molecular flexibility index (Phi) is 4.61. The normalized spacial score (nSPS) is 12.6. The lowest BCUT2D eigenvalue weighted by Gasteiger charge is -2.11. The van der Waals surface area contributed by atoms with E-state index < -0.39 is 11.6 Å². The van der Waals surface area contributed by atoms with Crippen molar-refractivity contribution >= 4 is 11.3 Å². The second-order valence-electron chi connectivity index (χ2n) is 4.36. The average Bonchev–Trinajstić information content (AvgIpc) is 2.86. The van der Waals surface area contributed by atoms with Crippen molar-refractivity contribution < 1.29 is 8.78 Å². The minimum atomic E-state index is -0.554. The molecule has 0 fully saturated rings. The second-order valence-corrected chi connectivity index (χ2v) is 5.50. The van der Waals surface area contributed by atoms with Crippen LogP contribution in [0.15, 0.2) is 24.4 Å². The van der Waals surface area contributed by atoms with Gasteiger partial charge in [0.05, 0.1) is 6.04 Å². The largest absolute Gasteiger partial charge is 0.304 e. The minimum Gasteiger partial charge on any atom is -0.304 e. The minimum absolute atomic E-state index is 0.0507. The zero-order valence-electron chi connectivity index (χ0n) is 10.9. The number of halogens is 2. The van der Waals surface area contributed by atoms with Gasteiger partial charge in [-0.2, -0.15) is 0 Å². The van der Waals surface area contributed by atoms with Gasteiger partial charge in [0.2, 0.25) is 0 Å². The van der Waals surface area contributed by atoms with Crippen molar-refractivity contribution in [1.82, 2.24) is 10.3 Å². The molecular formula is C14H16F2N2S. The fraction of sp³-hybridized carbons (Fsp3) is 0.357. The Hall–Kier alpha value is -1.33. The van der Waals surface area contributed by atoms with Crippen LogP contribution in [0.5, 0.6) is 0 Å². The number of thiazole rings is 1. The van der Waals surface area contributed by atoms with Gasteiger partial charge in [-0.05, 0) is 19.4 Å². The molecule has 0 amide bonds. The van der Waals surface area contributed by atoms with Crippen LogP contribution >= 0.6 is 11.3 Å². The first-order valence-corrected chi connectivity index (χ1v) is 7.03. The van der Waals surface area contributed by atoms with E-state index in [0.717, 1.165) is 17.5 Å². The Morgan fingerprint density at radius 3 is 2.79 bits per heavy atom. The number of hydrogen-bond acceptors (Lipinski definition) is 3. The summed E-state index contributed by atoms with van der Waals surface area (Å²) >= 11 is 1.66. The molecule has 1 atom stereocenters. The van der Waals surface area contributed by atoms with Gasteiger partial charge in [-0.25, -0.2) is 13.8 Å². The van der Waals surface area contributed by atoms with Crippen LogP contribution in [0.2, 0.25) is 0 Å². The van der Waals surface area contributed by atoms with Crippen molar-refractivity contribution in [1.29, 1.82) is 0 Å². The number of benzene rings is 1. The van der Waals surface area contributed by atoms with Gasteiger partial charge in [0.25, 0.3) is 0 Å². The first-order chi connectivity index (χ1) is 9.10. The Labute approximate surface area is 115 Å². The number of hydrogen-bond donors (Lipinski definition) is 1. The van der Waals surface area contributed by atoms with E-state index in [1.54, 1.807) is 11.3 Å². The van der Waals surface area contributed by atoms with E-state index in [1.807, 2.05) is 13.1 Å². The van der Waals surface area contributed by atoms with E-state index >= 15 is 0 Å². The van der Waals surface area contributed by atoms with E-state index in [1.165, 1.54) is 17.0 Å². The van der Waals surface area contributed by atoms with Crippen molar-refractivity contribution in [2.75, 3.05) is 0 Å². The van der Waals surface area contributed by atoms with Gasteiger partial charge in [0.1, 0.15) is 16.6 Å². The zero-order chi connectivity index (χ0) is 13.8. The molecule has 0 aliphatic rings. The maximum absolute atomic E-state index is 13.5. The number of nitrogens with zero attached hydrogens (tertiary/aromatic N) is 1. The summed E-state index contributed by atoms with van der Waals surface area (Å²) in [6.07, 6.45) is 2.84. The third-order valence-corrected chi connectivity index (χ3v) is 4.23. The SMILES string of the molecule is CCc1cnc(C(C)NCc2ccc(F)cc2F)s1. The molecule has 2 nitrogen and oxygen atoms in total. The molecular weight excluding hydrogens is 266 g/mol. The number of aryl methyl sites for hydroxylation is 1. The molecule has 0 radical (unpaired) electrons. The second kappa shape index (κ2) is 6.21. The average molecular weight is 282 g/mol. The van der Waals surface area contributed by atoms with Gasteiger partial charge >= 0.3 is 0 Å². The van der Waals surface area contributed by atoms with Crippen molar-refractivity contribution in [2.24, 2.45) is 0 Å². The zero-order valence-corrected chi connectivity index (χ0v) is 11.7. The summed E-state index contributed by atoms with van der Waals surface area (Å²) in [7, 11) is 0. The van der Waals surface area contributed by atoms with E-state index in [4.69, 9.17) is 0 Å². The fourth-order valence-electron chi connectivity index (χ4n) is 1.70. The lowest BCUT2D eigenvalue weighted by Crippen LogP contribution is -2.18. The summed E-state index contributed by atoms with van der Waals surface area (Å²) in [5.41, 5.74) is 0.459. The molecule has 0 saturated carbocycles. The van der Waals surface area contributed by atoms with E-state index in [0.29, 0.717) is 12.1 Å². The van der Waals surface area contributed by atoms with Gasteiger partial charge in [0.15, 0.2) is 0 Å². The first-order valence-electron chi connectivity index (χ1n) is 6.22. The van der Waals surface area contributed by atoms with Crippen molar-refractivity contribution in [3.05, 3.63) is 51.5 Å². The molecule has 102 valence electrons. The molecule has 2 rings (SSSR count). The van der Waals surface area contributed by atoms with Gasteiger partial charge in [0, 0.05) is 29.2 Å². The summed E-state index contributed by atoms with van der Waals surface area (Å²) < 4.78 is 26.3. The van der Waals surface area contributed by atoms with Crippen LogP contribution in [0.3, 0.4) is 0 Å². The topological polar surface area (TPSA) is 24.9 Å². The van der Waals surface area contributed by atoms with Gasteiger partial charge in [-0.1, -0.05) is 13.0 Å². The Morgan fingerprint density at radius 2 is 2.16 bits per heavy atom. The standard InChI is InChI=1S/C14H16F2N2S/c1-3-12-8-18-14(19-12)9(2)17-7-10-4-5-11(15)6-13(10)16/h4-6,8-9,17H,3,7H2,1-2H3. The first kappa shape index (κ1) is 14.1. The lowest BCUT2D eigenvalue weighted by atomic mass is 10.2. The number of aromatic nitrogens is 1. The molecule has 0 spiro atoms. The smallest absolute Gasteiger partial charge is 0.130 e. The Morgan fingerprint density at radius 1 is 1.37 bits per heavy atom. The third kappa shape index (κ3) is 3.58. The summed E-state index contributed by atoms with van der Waals surface area (Å²) in [5.74, 6) is -1.07. The molecule has 0 aliphatic carbocycles. The fourth-order valence-corrected chi connectivity index (χ4v) is 2.59. The van der Waals surface area contributed by atoms with Crippen LogP contribution in [0.1, 0.15) is 35.3 Å². The molecule has 0 bridgehead atoms. The molecule has 0 aliphatic heterocycles. The van der Waals surface area contributed by atoms with Crippen molar-refractivity contribution in [3.8, 4) is 0 Å². The van der Waals surface area contributed by atoms with Gasteiger partial charge in [-0.3, -0.25) is 0 Å². The molecule has 1 heterocycles. The highest BCUT2D eigenvalue weighted by molar-refractivity contribution is 7.11. The Bertz CT molecular complexity index is 554. The predicted molar refractivity (Wildman–Crippen MR) is 73.1 cm³/mol. The predicted octanol–water partition coefficient (Wildman–Crippen LogP) is 3.83. The lowest BCUT2D eigenvalue weighted by molar-refractivity contribution is 0.532. The van der Waals surface area contributed by atoms with E-state index in [2.05, 4.69) is 17.2 Å². The third-order valence-electron chi connectivity index (χ3n) is 2.90. The molecule has 0 saturated heterocycles. The molecule has 1 unspecified atom stereocenters. The summed E-state index contributed by atoms with van der Waals surface area (Å²) in [4.78, 5) is 5.57. The van der Waals surface area contributed by atoms with E-state index in [9.17, 15) is 8.78 Å². The number of rotatable bonds is 5. The molecule has 1 aromatic carbocycles. The van der Waals surface area contributed by atoms with Crippen LogP contribution < -0.4 is 5.32 Å². The summed E-state index contributed by atoms with van der Waals surface area (Å²) in [5, 5.41) is 4.18. The van der Waals surface area contributed by atoms with Crippen LogP contribution in [-0.4, -0.2) is 4.98 Å². The van der Waals surface area contributed by atoms with Gasteiger partial charge in [-0.15, -0.1) is 11.3 Å². The van der Waals surface area contributed by atoms with Crippen LogP contribution in [0.4, 0.5) is 8.78 Å². The molecule has 1 N–H and O–H groups in total. The van der Waals surface area contributed by atoms with Crippen LogP contribution in [0.25, 0.3) is 0 Å². The highest BCUT2D eigenvalue weighted by Gasteiger charge is 2.11. The van der Waals surface area contributed by atoms with Crippen LogP contribution in [0, 0.1) is 11.6 Å². The van der Waals surface area contributed by atoms with E-state index in [-0.39, 0.29) is 6.04 Å². The molecule has 2 aromatic rings. The maximum atomic E-state index is 13.5. The molecule has 1 aromatic heterocycles. The highest BCUT2D eigenvalue weighted by Crippen LogP contribution is 2.21. The van der Waals surface area contributed by atoms with Gasteiger partial charge < -0.3 is 5.32 Å². The molecule has 5 heteroatoms. The Balaban J connectivity index is 1.98. The van der Waals surface area contributed by atoms with Crippen molar-refractivity contribution in [3.63, 3.8) is 0 Å². The maximum Gasteiger partial charge on any atom is 0.130 e. The van der Waals surface area contributed by atoms with Crippen molar-refractivity contribution in [2.45, 2.75) is 32.9 Å². The number of nitrogens with one attached hydrogen (secondary N) is 1. The quantitative estimate of drug-likeness (QED) is 0.901. The van der Waals surface area contributed by atoms with Crippen LogP contribution in [-0.2, 0) is 13.0 Å². The summed E-state index contributed by atoms with van der Waals surface area (Å²) in [6.45, 7) is 4.43. The summed E-state index contributed by atoms with van der Waals surface area (Å²) in [6, 6.07) is 3.68. The monoisotopic (exact) mass is 282 g/mol. The molecule has 19 heavy (non-hydrogen) atoms.